The first-order valence-electron chi connectivity index (χ1n) is 10.3. The van der Waals surface area contributed by atoms with Crippen LogP contribution in [0.25, 0.3) is 0 Å². The molecule has 0 saturated carbocycles. The van der Waals surface area contributed by atoms with Crippen molar-refractivity contribution < 1.29 is 14.7 Å². The SMILES string of the molecule is CCCN(CCCCc1ccc(CC)c(NC)n1)CCC(NC(C)=O)C(=O)O. The number of nitrogens with zero attached hydrogens (tertiary/aromatic N) is 2. The first-order valence-corrected chi connectivity index (χ1v) is 10.3. The standard InChI is InChI=1S/C21H36N4O3/c1-5-13-25(15-12-19(21(27)28)23-16(3)26)14-8-7-9-18-11-10-17(6-2)20(22-4)24-18/h10-11,19H,5-9,12-15H2,1-4H3,(H,22,24)(H,23,26)(H,27,28). The van der Waals surface area contributed by atoms with Crippen molar-refractivity contribution in [1.82, 2.24) is 15.2 Å². The molecule has 0 aliphatic rings. The molecule has 1 rings (SSSR count). The number of aliphatic carboxylic acids is 1. The van der Waals surface area contributed by atoms with Gasteiger partial charge in [-0.3, -0.25) is 4.79 Å². The van der Waals surface area contributed by atoms with Crippen LogP contribution in [-0.2, 0) is 22.4 Å². The van der Waals surface area contributed by atoms with Crippen molar-refractivity contribution in [1.29, 1.82) is 0 Å². The number of hydrogen-bond acceptors (Lipinski definition) is 5. The summed E-state index contributed by atoms with van der Waals surface area (Å²) in [6.45, 7) is 8.11. The first-order chi connectivity index (χ1) is 13.4. The van der Waals surface area contributed by atoms with E-state index < -0.39 is 12.0 Å². The zero-order valence-corrected chi connectivity index (χ0v) is 17.8. The zero-order valence-electron chi connectivity index (χ0n) is 17.8. The minimum atomic E-state index is -0.978. The molecule has 1 unspecified atom stereocenters. The van der Waals surface area contributed by atoms with E-state index >= 15 is 0 Å². The molecule has 28 heavy (non-hydrogen) atoms. The van der Waals surface area contributed by atoms with Crippen LogP contribution in [-0.4, -0.2) is 59.6 Å². The van der Waals surface area contributed by atoms with Gasteiger partial charge >= 0.3 is 5.97 Å². The number of aromatic nitrogens is 1. The molecule has 0 saturated heterocycles. The van der Waals surface area contributed by atoms with E-state index in [1.165, 1.54) is 12.5 Å². The minimum absolute atomic E-state index is 0.308. The topological polar surface area (TPSA) is 94.6 Å². The van der Waals surface area contributed by atoms with Crippen molar-refractivity contribution in [3.63, 3.8) is 0 Å². The van der Waals surface area contributed by atoms with E-state index in [4.69, 9.17) is 4.98 Å². The van der Waals surface area contributed by atoms with Crippen LogP contribution in [0.2, 0.25) is 0 Å². The smallest absolute Gasteiger partial charge is 0.326 e. The van der Waals surface area contributed by atoms with Crippen LogP contribution in [0.1, 0.15) is 57.7 Å². The number of pyridine rings is 1. The lowest BCUT2D eigenvalue weighted by Gasteiger charge is -2.23. The molecule has 1 amide bonds. The molecule has 0 aromatic carbocycles. The molecular weight excluding hydrogens is 356 g/mol. The number of unbranched alkanes of at least 4 members (excludes halogenated alkanes) is 1. The number of carboxylic acids is 1. The van der Waals surface area contributed by atoms with Gasteiger partial charge in [-0.25, -0.2) is 9.78 Å². The summed E-state index contributed by atoms with van der Waals surface area (Å²) >= 11 is 0. The lowest BCUT2D eigenvalue weighted by molar-refractivity contribution is -0.141. The van der Waals surface area contributed by atoms with Crippen molar-refractivity contribution >= 4 is 17.7 Å². The van der Waals surface area contributed by atoms with Gasteiger partial charge in [0.1, 0.15) is 11.9 Å². The van der Waals surface area contributed by atoms with Crippen LogP contribution in [0.15, 0.2) is 12.1 Å². The average Bonchev–Trinajstić information content (AvgIpc) is 2.67. The largest absolute Gasteiger partial charge is 0.480 e. The van der Waals surface area contributed by atoms with Crippen molar-refractivity contribution in [2.45, 2.75) is 65.3 Å². The van der Waals surface area contributed by atoms with Crippen LogP contribution >= 0.6 is 0 Å². The number of hydrogen-bond donors (Lipinski definition) is 3. The fourth-order valence-corrected chi connectivity index (χ4v) is 3.28. The minimum Gasteiger partial charge on any atom is -0.480 e. The third-order valence-corrected chi connectivity index (χ3v) is 4.76. The highest BCUT2D eigenvalue weighted by atomic mass is 16.4. The second-order valence-electron chi connectivity index (χ2n) is 7.09. The molecule has 1 atom stereocenters. The number of rotatable bonds is 14. The first kappa shape index (κ1) is 23.9. The van der Waals surface area contributed by atoms with E-state index in [1.807, 2.05) is 7.05 Å². The monoisotopic (exact) mass is 392 g/mol. The Bertz CT molecular complexity index is 622. The van der Waals surface area contributed by atoms with Crippen LogP contribution in [0, 0.1) is 0 Å². The van der Waals surface area contributed by atoms with Gasteiger partial charge in [-0.15, -0.1) is 0 Å². The Labute approximate surface area is 168 Å². The van der Waals surface area contributed by atoms with Crippen LogP contribution in [0.4, 0.5) is 5.82 Å². The summed E-state index contributed by atoms with van der Waals surface area (Å²) < 4.78 is 0. The van der Waals surface area contributed by atoms with Gasteiger partial charge in [0, 0.05) is 26.2 Å². The lowest BCUT2D eigenvalue weighted by atomic mass is 10.1. The van der Waals surface area contributed by atoms with E-state index in [0.717, 1.165) is 56.7 Å². The predicted octanol–water partition coefficient (Wildman–Crippen LogP) is 2.70. The third kappa shape index (κ3) is 8.69. The maximum atomic E-state index is 11.3. The highest BCUT2D eigenvalue weighted by molar-refractivity contribution is 5.81. The van der Waals surface area contributed by atoms with Crippen molar-refractivity contribution in [2.75, 3.05) is 32.0 Å². The Kier molecular flexibility index (Phi) is 11.2. The Morgan fingerprint density at radius 1 is 1.18 bits per heavy atom. The normalized spacial score (nSPS) is 12.0. The van der Waals surface area contributed by atoms with Gasteiger partial charge in [0.15, 0.2) is 0 Å². The number of anilines is 1. The van der Waals surface area contributed by atoms with Crippen LogP contribution in [0.5, 0.6) is 0 Å². The second-order valence-corrected chi connectivity index (χ2v) is 7.09. The van der Waals surface area contributed by atoms with Gasteiger partial charge in [-0.2, -0.15) is 0 Å². The summed E-state index contributed by atoms with van der Waals surface area (Å²) in [5.41, 5.74) is 2.33. The molecule has 158 valence electrons. The fraction of sp³-hybridized carbons (Fsp3) is 0.667. The molecule has 1 aromatic rings. The molecule has 0 aliphatic heterocycles. The Morgan fingerprint density at radius 2 is 1.93 bits per heavy atom. The Morgan fingerprint density at radius 3 is 2.50 bits per heavy atom. The lowest BCUT2D eigenvalue weighted by Crippen LogP contribution is -2.42. The highest BCUT2D eigenvalue weighted by Crippen LogP contribution is 2.15. The molecule has 1 heterocycles. The molecule has 0 aliphatic carbocycles. The van der Waals surface area contributed by atoms with E-state index in [2.05, 4.69) is 41.5 Å². The van der Waals surface area contributed by atoms with E-state index in [9.17, 15) is 14.7 Å². The maximum Gasteiger partial charge on any atom is 0.326 e. The Hall–Kier alpha value is -2.15. The van der Waals surface area contributed by atoms with E-state index in [0.29, 0.717) is 13.0 Å². The molecule has 7 nitrogen and oxygen atoms in total. The zero-order chi connectivity index (χ0) is 20.9. The summed E-state index contributed by atoms with van der Waals surface area (Å²) in [5.74, 6) is -0.323. The highest BCUT2D eigenvalue weighted by Gasteiger charge is 2.19. The number of carboxylic acid groups (broad SMARTS) is 1. The van der Waals surface area contributed by atoms with Gasteiger partial charge in [0.2, 0.25) is 5.91 Å². The van der Waals surface area contributed by atoms with Crippen molar-refractivity contribution in [2.24, 2.45) is 0 Å². The second kappa shape index (κ2) is 13.1. The molecule has 3 N–H and O–H groups in total. The van der Waals surface area contributed by atoms with Gasteiger partial charge in [-0.1, -0.05) is 19.9 Å². The molecule has 0 fully saturated rings. The number of nitrogens with one attached hydrogen (secondary N) is 2. The van der Waals surface area contributed by atoms with Gasteiger partial charge in [0.05, 0.1) is 0 Å². The summed E-state index contributed by atoms with van der Waals surface area (Å²) in [6.07, 6.45) is 5.40. The molecule has 0 spiro atoms. The molecule has 0 radical (unpaired) electrons. The third-order valence-electron chi connectivity index (χ3n) is 4.76. The van der Waals surface area contributed by atoms with Gasteiger partial charge < -0.3 is 20.6 Å². The summed E-state index contributed by atoms with van der Waals surface area (Å²) in [4.78, 5) is 29.4. The summed E-state index contributed by atoms with van der Waals surface area (Å²) in [5, 5.41) is 14.9. The van der Waals surface area contributed by atoms with E-state index in [-0.39, 0.29) is 5.91 Å². The van der Waals surface area contributed by atoms with Gasteiger partial charge in [0.25, 0.3) is 0 Å². The average molecular weight is 393 g/mol. The number of carbonyl (C=O) groups is 2. The van der Waals surface area contributed by atoms with Crippen LogP contribution < -0.4 is 10.6 Å². The molecular formula is C21H36N4O3. The van der Waals surface area contributed by atoms with Crippen molar-refractivity contribution in [3.8, 4) is 0 Å². The maximum absolute atomic E-state index is 11.3. The number of carbonyl (C=O) groups excluding carboxylic acids is 1. The predicted molar refractivity (Wildman–Crippen MR) is 113 cm³/mol. The van der Waals surface area contributed by atoms with Crippen LogP contribution in [0.3, 0.4) is 0 Å². The summed E-state index contributed by atoms with van der Waals surface area (Å²) in [7, 11) is 1.90. The van der Waals surface area contributed by atoms with Crippen molar-refractivity contribution in [3.05, 3.63) is 23.4 Å². The molecule has 7 heteroatoms. The summed E-state index contributed by atoms with van der Waals surface area (Å²) in [6, 6.07) is 3.43. The number of aryl methyl sites for hydroxylation is 2. The number of amides is 1. The Balaban J connectivity index is 2.46. The molecule has 1 aromatic heterocycles. The molecule has 0 bridgehead atoms. The fourth-order valence-electron chi connectivity index (χ4n) is 3.28. The van der Waals surface area contributed by atoms with E-state index in [1.54, 1.807) is 0 Å². The van der Waals surface area contributed by atoms with Gasteiger partial charge in [-0.05, 0) is 63.2 Å². The quantitative estimate of drug-likeness (QED) is 0.422.